The van der Waals surface area contributed by atoms with E-state index in [2.05, 4.69) is 38.5 Å². The molecular formula is C32H29N7O3. The van der Waals surface area contributed by atoms with Crippen molar-refractivity contribution in [3.8, 4) is 34.5 Å². The number of amides is 1. The van der Waals surface area contributed by atoms with E-state index in [4.69, 9.17) is 15.0 Å². The minimum atomic E-state index is -0.355. The molecule has 42 heavy (non-hydrogen) atoms. The maximum atomic E-state index is 12.1. The lowest BCUT2D eigenvalue weighted by atomic mass is 9.96. The molecule has 1 saturated heterocycles. The summed E-state index contributed by atoms with van der Waals surface area (Å²) in [5, 5.41) is 4.78. The first-order chi connectivity index (χ1) is 20.5. The Hall–Kier alpha value is -5.43. The number of benzene rings is 2. The highest BCUT2D eigenvalue weighted by atomic mass is 16.5. The second-order valence-corrected chi connectivity index (χ2v) is 10.0. The topological polar surface area (TPSA) is 125 Å². The van der Waals surface area contributed by atoms with Crippen molar-refractivity contribution < 1.29 is 14.1 Å². The number of piperidine rings is 1. The van der Waals surface area contributed by atoms with E-state index in [1.807, 2.05) is 66.1 Å². The van der Waals surface area contributed by atoms with Crippen LogP contribution in [-0.4, -0.2) is 48.6 Å². The average molecular weight is 560 g/mol. The zero-order chi connectivity index (χ0) is 29.1. The van der Waals surface area contributed by atoms with Crippen LogP contribution in [0.25, 0.3) is 22.2 Å². The molecule has 10 nitrogen and oxygen atoms in total. The van der Waals surface area contributed by atoms with Crippen LogP contribution in [0.3, 0.4) is 0 Å². The van der Waals surface area contributed by atoms with Gasteiger partial charge in [0.1, 0.15) is 35.0 Å². The Balaban J connectivity index is 1.45. The summed E-state index contributed by atoms with van der Waals surface area (Å²) in [4.78, 5) is 27.1. The Morgan fingerprint density at radius 1 is 1.10 bits per heavy atom. The lowest BCUT2D eigenvalue weighted by molar-refractivity contribution is -0.127. The van der Waals surface area contributed by atoms with Crippen LogP contribution < -0.4 is 10.5 Å². The van der Waals surface area contributed by atoms with Crippen LogP contribution in [0.5, 0.6) is 11.5 Å². The quantitative estimate of drug-likeness (QED) is 0.221. The molecule has 4 heterocycles. The zero-order valence-corrected chi connectivity index (χ0v) is 23.1. The molecule has 2 aromatic carbocycles. The molecule has 1 amide bonds. The highest BCUT2D eigenvalue weighted by Crippen LogP contribution is 2.39. The third-order valence-corrected chi connectivity index (χ3v) is 7.45. The molecule has 210 valence electrons. The van der Waals surface area contributed by atoms with Crippen molar-refractivity contribution in [2.24, 2.45) is 5.92 Å². The Kier molecular flexibility index (Phi) is 7.39. The number of carbonyl (C=O) groups is 1. The fourth-order valence-electron chi connectivity index (χ4n) is 5.27. The maximum Gasteiger partial charge on any atom is 0.245 e. The van der Waals surface area contributed by atoms with Crippen LogP contribution in [0, 0.1) is 17.8 Å². The minimum absolute atomic E-state index is 0.0495. The summed E-state index contributed by atoms with van der Waals surface area (Å²) < 4.78 is 13.1. The lowest BCUT2D eigenvalue weighted by Gasteiger charge is -2.28. The molecule has 1 unspecified atom stereocenters. The van der Waals surface area contributed by atoms with E-state index in [1.165, 1.54) is 18.8 Å². The molecule has 0 spiro atoms. The van der Waals surface area contributed by atoms with Crippen molar-refractivity contribution in [1.29, 1.82) is 0 Å². The summed E-state index contributed by atoms with van der Waals surface area (Å²) in [5.74, 6) is 9.30. The SMILES string of the molecule is C=CC(=O)N1CCC(C#Cc2c(-c3ccc(Oc4ccccc4)cc3)c3c(N)ncnc3n2C(C)c2ncon2)CC1. The molecule has 1 aliphatic heterocycles. The van der Waals surface area contributed by atoms with Gasteiger partial charge in [0.25, 0.3) is 0 Å². The number of aromatic nitrogens is 5. The lowest BCUT2D eigenvalue weighted by Crippen LogP contribution is -2.37. The third kappa shape index (κ3) is 5.20. The summed E-state index contributed by atoms with van der Waals surface area (Å²) in [6.07, 6.45) is 5.65. The standard InChI is InChI=1S/C32H29N7O3/c1-3-27(40)38-17-15-22(16-18-38)9-14-26-28(23-10-12-25(13-11-23)42-24-7-5-4-6-8-24)29-30(33)34-19-35-32(29)39(26)21(2)31-36-20-41-37-31/h3-8,10-13,19-22H,1,15-18H2,2H3,(H2,33,34,35). The van der Waals surface area contributed by atoms with Gasteiger partial charge in [0.05, 0.1) is 11.4 Å². The number of nitrogens with two attached hydrogens (primary N) is 1. The van der Waals surface area contributed by atoms with Crippen LogP contribution in [-0.2, 0) is 4.79 Å². The van der Waals surface area contributed by atoms with Crippen molar-refractivity contribution in [2.45, 2.75) is 25.8 Å². The Morgan fingerprint density at radius 2 is 1.83 bits per heavy atom. The molecular weight excluding hydrogens is 530 g/mol. The van der Waals surface area contributed by atoms with E-state index in [0.717, 1.165) is 35.4 Å². The van der Waals surface area contributed by atoms with Crippen molar-refractivity contribution in [2.75, 3.05) is 18.8 Å². The first-order valence-electron chi connectivity index (χ1n) is 13.7. The second-order valence-electron chi connectivity index (χ2n) is 10.0. The first kappa shape index (κ1) is 26.8. The summed E-state index contributed by atoms with van der Waals surface area (Å²) >= 11 is 0. The predicted molar refractivity (Wildman–Crippen MR) is 158 cm³/mol. The summed E-state index contributed by atoms with van der Waals surface area (Å²) in [6.45, 7) is 6.85. The van der Waals surface area contributed by atoms with E-state index in [1.54, 1.807) is 4.90 Å². The van der Waals surface area contributed by atoms with Crippen LogP contribution in [0.1, 0.15) is 37.3 Å². The van der Waals surface area contributed by atoms with Gasteiger partial charge in [0, 0.05) is 24.6 Å². The van der Waals surface area contributed by atoms with Gasteiger partial charge in [-0.05, 0) is 61.6 Å². The molecule has 0 aliphatic carbocycles. The molecule has 6 rings (SSSR count). The molecule has 10 heteroatoms. The van der Waals surface area contributed by atoms with Gasteiger partial charge in [-0.25, -0.2) is 9.97 Å². The summed E-state index contributed by atoms with van der Waals surface area (Å²) in [5.41, 5.74) is 9.53. The smallest absolute Gasteiger partial charge is 0.245 e. The van der Waals surface area contributed by atoms with E-state index in [9.17, 15) is 4.79 Å². The Bertz CT molecular complexity index is 1780. The van der Waals surface area contributed by atoms with Gasteiger partial charge in [-0.1, -0.05) is 48.0 Å². The largest absolute Gasteiger partial charge is 0.457 e. The van der Waals surface area contributed by atoms with Crippen molar-refractivity contribution in [3.05, 3.63) is 91.5 Å². The van der Waals surface area contributed by atoms with Gasteiger partial charge < -0.3 is 24.5 Å². The molecule has 1 aliphatic rings. The van der Waals surface area contributed by atoms with Crippen LogP contribution in [0.4, 0.5) is 5.82 Å². The van der Waals surface area contributed by atoms with E-state index < -0.39 is 0 Å². The zero-order valence-electron chi connectivity index (χ0n) is 23.1. The van der Waals surface area contributed by atoms with Crippen LogP contribution >= 0.6 is 0 Å². The molecule has 0 saturated carbocycles. The number of hydrogen-bond acceptors (Lipinski definition) is 8. The molecule has 2 N–H and O–H groups in total. The van der Waals surface area contributed by atoms with Crippen LogP contribution in [0.2, 0.25) is 0 Å². The van der Waals surface area contributed by atoms with Gasteiger partial charge in [0.2, 0.25) is 12.3 Å². The number of para-hydroxylation sites is 1. The van der Waals surface area contributed by atoms with Gasteiger partial charge in [-0.15, -0.1) is 0 Å². The van der Waals surface area contributed by atoms with Gasteiger partial charge in [0.15, 0.2) is 5.82 Å². The number of nitrogens with zero attached hydrogens (tertiary/aromatic N) is 6. The Labute approximate surface area is 242 Å². The average Bonchev–Trinajstić information content (AvgIpc) is 3.68. The summed E-state index contributed by atoms with van der Waals surface area (Å²) in [7, 11) is 0. The number of fused-ring (bicyclic) bond motifs is 1. The number of likely N-dealkylation sites (tertiary alicyclic amines) is 1. The number of ether oxygens (including phenoxy) is 1. The van der Waals surface area contributed by atoms with E-state index in [-0.39, 0.29) is 17.9 Å². The maximum absolute atomic E-state index is 12.1. The molecule has 5 aromatic rings. The van der Waals surface area contributed by atoms with Crippen molar-refractivity contribution in [3.63, 3.8) is 0 Å². The predicted octanol–water partition coefficient (Wildman–Crippen LogP) is 5.24. The highest BCUT2D eigenvalue weighted by Gasteiger charge is 2.27. The monoisotopic (exact) mass is 559 g/mol. The van der Waals surface area contributed by atoms with E-state index in [0.29, 0.717) is 41.5 Å². The van der Waals surface area contributed by atoms with Crippen LogP contribution in [0.15, 0.2) is 84.5 Å². The van der Waals surface area contributed by atoms with Crippen molar-refractivity contribution >= 4 is 22.8 Å². The molecule has 0 radical (unpaired) electrons. The fraction of sp³-hybridized carbons (Fsp3) is 0.219. The molecule has 3 aromatic heterocycles. The first-order valence-corrected chi connectivity index (χ1v) is 13.7. The minimum Gasteiger partial charge on any atom is -0.457 e. The normalized spacial score (nSPS) is 14.3. The van der Waals surface area contributed by atoms with Gasteiger partial charge in [-0.3, -0.25) is 4.79 Å². The number of anilines is 1. The van der Waals surface area contributed by atoms with Crippen molar-refractivity contribution in [1.82, 2.24) is 29.6 Å². The highest BCUT2D eigenvalue weighted by molar-refractivity contribution is 6.03. The number of nitrogen functional groups attached to an aromatic ring is 1. The van der Waals surface area contributed by atoms with Gasteiger partial charge >= 0.3 is 0 Å². The number of rotatable bonds is 6. The Morgan fingerprint density at radius 3 is 2.52 bits per heavy atom. The summed E-state index contributed by atoms with van der Waals surface area (Å²) in [6, 6.07) is 17.0. The third-order valence-electron chi connectivity index (χ3n) is 7.45. The van der Waals surface area contributed by atoms with E-state index >= 15 is 0 Å². The second kappa shape index (κ2) is 11.6. The number of hydrogen-bond donors (Lipinski definition) is 1. The molecule has 0 bridgehead atoms. The van der Waals surface area contributed by atoms with Gasteiger partial charge in [-0.2, -0.15) is 4.98 Å². The molecule has 1 fully saturated rings. The number of carbonyl (C=O) groups excluding carboxylic acids is 1. The molecule has 1 atom stereocenters. The fourth-order valence-corrected chi connectivity index (χ4v) is 5.27.